The van der Waals surface area contributed by atoms with Gasteiger partial charge < -0.3 is 19.8 Å². The minimum atomic E-state index is 0. The van der Waals surface area contributed by atoms with E-state index in [1.165, 1.54) is 5.56 Å². The summed E-state index contributed by atoms with van der Waals surface area (Å²) in [6.45, 7) is 4.28. The summed E-state index contributed by atoms with van der Waals surface area (Å²) in [6.07, 6.45) is 8.16. The number of benzene rings is 1. The highest BCUT2D eigenvalue weighted by Crippen LogP contribution is 2.13. The zero-order chi connectivity index (χ0) is 18.2. The van der Waals surface area contributed by atoms with E-state index in [4.69, 9.17) is 0 Å². The van der Waals surface area contributed by atoms with Crippen LogP contribution >= 0.6 is 24.0 Å². The molecule has 27 heavy (non-hydrogen) atoms. The fraction of sp³-hybridized carbons (Fsp3) is 0.333. The molecule has 0 radical (unpaired) electrons. The van der Waals surface area contributed by atoms with Crippen LogP contribution in [-0.2, 0) is 19.5 Å². The summed E-state index contributed by atoms with van der Waals surface area (Å²) in [5.74, 6) is 1.75. The van der Waals surface area contributed by atoms with Gasteiger partial charge in [-0.15, -0.1) is 34.2 Å². The van der Waals surface area contributed by atoms with Crippen LogP contribution in [0.1, 0.15) is 18.3 Å². The Morgan fingerprint density at radius 3 is 2.78 bits per heavy atom. The predicted molar refractivity (Wildman–Crippen MR) is 117 cm³/mol. The highest BCUT2D eigenvalue weighted by atomic mass is 127. The third-order valence-corrected chi connectivity index (χ3v) is 4.10. The van der Waals surface area contributed by atoms with Gasteiger partial charge in [0.25, 0.3) is 0 Å². The molecule has 144 valence electrons. The van der Waals surface area contributed by atoms with Gasteiger partial charge in [-0.2, -0.15) is 0 Å². The van der Waals surface area contributed by atoms with E-state index in [1.807, 2.05) is 22.9 Å². The Morgan fingerprint density at radius 2 is 2.04 bits per heavy atom. The first-order valence-corrected chi connectivity index (χ1v) is 8.69. The van der Waals surface area contributed by atoms with Crippen molar-refractivity contribution in [2.45, 2.75) is 26.4 Å². The topological polar surface area (TPSA) is 85.0 Å². The second-order valence-electron chi connectivity index (χ2n) is 5.75. The Morgan fingerprint density at radius 1 is 1.19 bits per heavy atom. The maximum Gasteiger partial charge on any atom is 0.191 e. The molecule has 0 aliphatic heterocycles. The standard InChI is InChI=1S/C18H24N8.HI/c1-3-17-24-23-14-26(17)11-9-21-18(19-2)22-12-15-6-4-5-7-16(15)25-10-8-20-13-25;/h4-8,10,13-14H,3,9,11-12H2,1-2H3,(H2,19,21,22);1H. The lowest BCUT2D eigenvalue weighted by Crippen LogP contribution is -2.38. The molecule has 0 unspecified atom stereocenters. The van der Waals surface area contributed by atoms with Crippen LogP contribution in [0.15, 0.2) is 54.3 Å². The summed E-state index contributed by atoms with van der Waals surface area (Å²) in [4.78, 5) is 8.42. The van der Waals surface area contributed by atoms with Gasteiger partial charge in [-0.25, -0.2) is 4.98 Å². The van der Waals surface area contributed by atoms with E-state index in [-0.39, 0.29) is 24.0 Å². The lowest BCUT2D eigenvalue weighted by Gasteiger charge is -2.15. The van der Waals surface area contributed by atoms with Crippen molar-refractivity contribution >= 4 is 29.9 Å². The SMILES string of the molecule is CCc1nncn1CCNC(=NC)NCc1ccccc1-n1ccnc1.I. The molecule has 0 aliphatic carbocycles. The first kappa shape index (κ1) is 20.9. The number of halogens is 1. The van der Waals surface area contributed by atoms with Crippen LogP contribution in [0.5, 0.6) is 0 Å². The summed E-state index contributed by atoms with van der Waals surface area (Å²) in [5, 5.41) is 14.7. The summed E-state index contributed by atoms with van der Waals surface area (Å²) >= 11 is 0. The lowest BCUT2D eigenvalue weighted by atomic mass is 10.1. The maximum absolute atomic E-state index is 4.29. The van der Waals surface area contributed by atoms with E-state index < -0.39 is 0 Å². The zero-order valence-corrected chi connectivity index (χ0v) is 17.9. The number of guanidine groups is 1. The number of rotatable bonds is 7. The molecule has 0 spiro atoms. The van der Waals surface area contributed by atoms with Crippen LogP contribution in [0, 0.1) is 0 Å². The molecule has 3 rings (SSSR count). The maximum atomic E-state index is 4.29. The molecular formula is C18H25IN8. The van der Waals surface area contributed by atoms with Gasteiger partial charge in [-0.3, -0.25) is 4.99 Å². The highest BCUT2D eigenvalue weighted by molar-refractivity contribution is 14.0. The first-order chi connectivity index (χ1) is 12.8. The number of aromatic nitrogens is 5. The van der Waals surface area contributed by atoms with Gasteiger partial charge >= 0.3 is 0 Å². The Bertz CT molecular complexity index is 841. The van der Waals surface area contributed by atoms with E-state index in [1.54, 1.807) is 25.9 Å². The van der Waals surface area contributed by atoms with Gasteiger partial charge in [-0.05, 0) is 11.6 Å². The van der Waals surface area contributed by atoms with Crippen molar-refractivity contribution in [1.82, 2.24) is 34.9 Å². The molecule has 8 nitrogen and oxygen atoms in total. The molecular weight excluding hydrogens is 455 g/mol. The van der Waals surface area contributed by atoms with Crippen molar-refractivity contribution in [2.75, 3.05) is 13.6 Å². The van der Waals surface area contributed by atoms with Crippen LogP contribution in [0.4, 0.5) is 0 Å². The average molecular weight is 480 g/mol. The molecule has 9 heteroatoms. The van der Waals surface area contributed by atoms with Gasteiger partial charge in [0, 0.05) is 45.5 Å². The summed E-state index contributed by atoms with van der Waals surface area (Å²) < 4.78 is 4.06. The van der Waals surface area contributed by atoms with E-state index in [2.05, 4.69) is 54.4 Å². The fourth-order valence-electron chi connectivity index (χ4n) is 2.75. The minimum absolute atomic E-state index is 0. The van der Waals surface area contributed by atoms with Crippen LogP contribution in [0.25, 0.3) is 5.69 Å². The number of hydrogen-bond donors (Lipinski definition) is 2. The number of nitrogens with zero attached hydrogens (tertiary/aromatic N) is 6. The van der Waals surface area contributed by atoms with E-state index in [9.17, 15) is 0 Å². The Labute approximate surface area is 176 Å². The third-order valence-electron chi connectivity index (χ3n) is 4.10. The van der Waals surface area contributed by atoms with Gasteiger partial charge in [-0.1, -0.05) is 25.1 Å². The number of aryl methyl sites for hydroxylation is 1. The van der Waals surface area contributed by atoms with Crippen LogP contribution in [0.3, 0.4) is 0 Å². The number of imidazole rings is 1. The largest absolute Gasteiger partial charge is 0.355 e. The second-order valence-corrected chi connectivity index (χ2v) is 5.75. The predicted octanol–water partition coefficient (Wildman–Crippen LogP) is 2.01. The van der Waals surface area contributed by atoms with E-state index >= 15 is 0 Å². The number of nitrogens with one attached hydrogen (secondary N) is 2. The van der Waals surface area contributed by atoms with Crippen LogP contribution in [-0.4, -0.2) is 43.9 Å². The summed E-state index contributed by atoms with van der Waals surface area (Å²) in [7, 11) is 1.77. The fourth-order valence-corrected chi connectivity index (χ4v) is 2.75. The quantitative estimate of drug-likeness (QED) is 0.307. The Balaban J connectivity index is 0.00000261. The normalized spacial score (nSPS) is 11.1. The van der Waals surface area contributed by atoms with Crippen molar-refractivity contribution in [2.24, 2.45) is 4.99 Å². The van der Waals surface area contributed by atoms with E-state index in [0.717, 1.165) is 37.0 Å². The minimum Gasteiger partial charge on any atom is -0.355 e. The molecule has 0 atom stereocenters. The molecule has 0 saturated heterocycles. The summed E-state index contributed by atoms with van der Waals surface area (Å²) in [5.41, 5.74) is 2.27. The molecule has 1 aromatic carbocycles. The van der Waals surface area contributed by atoms with Crippen molar-refractivity contribution in [3.05, 3.63) is 60.7 Å². The number of aliphatic imine (C=N–C) groups is 1. The molecule has 2 heterocycles. The molecule has 2 N–H and O–H groups in total. The van der Waals surface area contributed by atoms with Gasteiger partial charge in [0.15, 0.2) is 5.96 Å². The monoisotopic (exact) mass is 480 g/mol. The highest BCUT2D eigenvalue weighted by Gasteiger charge is 2.06. The third kappa shape index (κ3) is 5.52. The molecule has 0 aliphatic rings. The van der Waals surface area contributed by atoms with Crippen LogP contribution in [0.2, 0.25) is 0 Å². The van der Waals surface area contributed by atoms with Crippen molar-refractivity contribution < 1.29 is 0 Å². The average Bonchev–Trinajstić information content (AvgIpc) is 3.36. The van der Waals surface area contributed by atoms with Crippen molar-refractivity contribution in [3.8, 4) is 5.69 Å². The molecule has 3 aromatic rings. The Kier molecular flexibility index (Phi) is 8.24. The second kappa shape index (κ2) is 10.7. The zero-order valence-electron chi connectivity index (χ0n) is 15.5. The summed E-state index contributed by atoms with van der Waals surface area (Å²) in [6, 6.07) is 8.23. The molecule has 0 fully saturated rings. The molecule has 0 saturated carbocycles. The lowest BCUT2D eigenvalue weighted by molar-refractivity contribution is 0.632. The van der Waals surface area contributed by atoms with Gasteiger partial charge in [0.1, 0.15) is 12.2 Å². The Hall–Kier alpha value is -2.43. The van der Waals surface area contributed by atoms with Crippen molar-refractivity contribution in [1.29, 1.82) is 0 Å². The van der Waals surface area contributed by atoms with Crippen LogP contribution < -0.4 is 10.6 Å². The molecule has 0 amide bonds. The first-order valence-electron chi connectivity index (χ1n) is 8.69. The molecule has 2 aromatic heterocycles. The number of hydrogen-bond acceptors (Lipinski definition) is 4. The smallest absolute Gasteiger partial charge is 0.191 e. The number of para-hydroxylation sites is 1. The van der Waals surface area contributed by atoms with E-state index in [0.29, 0.717) is 6.54 Å². The molecule has 0 bridgehead atoms. The van der Waals surface area contributed by atoms with Crippen molar-refractivity contribution in [3.63, 3.8) is 0 Å². The van der Waals surface area contributed by atoms with Gasteiger partial charge in [0.05, 0.1) is 12.0 Å². The van der Waals surface area contributed by atoms with Gasteiger partial charge in [0.2, 0.25) is 0 Å².